The monoisotopic (exact) mass is 222 g/mol. The number of hydrogen-bond acceptors (Lipinski definition) is 2. The summed E-state index contributed by atoms with van der Waals surface area (Å²) >= 11 is 0. The van der Waals surface area contributed by atoms with Gasteiger partial charge in [-0.15, -0.1) is 0 Å². The van der Waals surface area contributed by atoms with Gasteiger partial charge in [0.2, 0.25) is 0 Å². The summed E-state index contributed by atoms with van der Waals surface area (Å²) in [4.78, 5) is 0. The van der Waals surface area contributed by atoms with Gasteiger partial charge in [0.1, 0.15) is 0 Å². The Morgan fingerprint density at radius 3 is 2.62 bits per heavy atom. The first-order valence-corrected chi connectivity index (χ1v) is 6.03. The van der Waals surface area contributed by atoms with Crippen molar-refractivity contribution in [2.75, 3.05) is 7.11 Å². The van der Waals surface area contributed by atoms with E-state index in [0.29, 0.717) is 5.75 Å². The SMILES string of the molecule is CCCC(C)CCc1ccc(OC)c(O)c1. The second-order valence-electron chi connectivity index (χ2n) is 4.44. The molecule has 0 aromatic heterocycles. The minimum Gasteiger partial charge on any atom is -0.504 e. The van der Waals surface area contributed by atoms with Crippen LogP contribution in [0, 0.1) is 5.92 Å². The molecule has 0 aliphatic rings. The summed E-state index contributed by atoms with van der Waals surface area (Å²) in [5.41, 5.74) is 1.18. The maximum atomic E-state index is 9.63. The van der Waals surface area contributed by atoms with Gasteiger partial charge >= 0.3 is 0 Å². The standard InChI is InChI=1S/C14H22O2/c1-4-5-11(2)6-7-12-8-9-14(16-3)13(15)10-12/h8-11,15H,4-7H2,1-3H3. The van der Waals surface area contributed by atoms with Crippen LogP contribution in [0.5, 0.6) is 11.5 Å². The summed E-state index contributed by atoms with van der Waals surface area (Å²) < 4.78 is 5.01. The van der Waals surface area contributed by atoms with Gasteiger partial charge in [-0.05, 0) is 36.5 Å². The van der Waals surface area contributed by atoms with E-state index in [0.717, 1.165) is 12.3 Å². The van der Waals surface area contributed by atoms with E-state index < -0.39 is 0 Å². The van der Waals surface area contributed by atoms with Crippen LogP contribution in [0.3, 0.4) is 0 Å². The lowest BCUT2D eigenvalue weighted by Gasteiger charge is -2.10. The van der Waals surface area contributed by atoms with Gasteiger partial charge in [0.15, 0.2) is 11.5 Å². The molecule has 0 radical (unpaired) electrons. The second-order valence-corrected chi connectivity index (χ2v) is 4.44. The lowest BCUT2D eigenvalue weighted by atomic mass is 9.97. The number of phenolic OH excluding ortho intramolecular Hbond substituents is 1. The molecule has 1 aromatic rings. The van der Waals surface area contributed by atoms with Crippen molar-refractivity contribution in [1.82, 2.24) is 0 Å². The summed E-state index contributed by atoms with van der Waals surface area (Å²) in [6.07, 6.45) is 4.73. The molecule has 0 bridgehead atoms. The van der Waals surface area contributed by atoms with E-state index in [9.17, 15) is 5.11 Å². The van der Waals surface area contributed by atoms with Crippen molar-refractivity contribution in [2.45, 2.75) is 39.5 Å². The topological polar surface area (TPSA) is 29.5 Å². The molecular weight excluding hydrogens is 200 g/mol. The Bertz CT molecular complexity index is 321. The van der Waals surface area contributed by atoms with E-state index >= 15 is 0 Å². The molecule has 1 rings (SSSR count). The first-order chi connectivity index (χ1) is 7.67. The van der Waals surface area contributed by atoms with Crippen LogP contribution in [-0.2, 0) is 6.42 Å². The van der Waals surface area contributed by atoms with Crippen molar-refractivity contribution in [1.29, 1.82) is 0 Å². The summed E-state index contributed by atoms with van der Waals surface area (Å²) in [5, 5.41) is 9.63. The Kier molecular flexibility index (Phi) is 5.17. The first-order valence-electron chi connectivity index (χ1n) is 6.03. The summed E-state index contributed by atoms with van der Waals surface area (Å²) in [5.74, 6) is 1.54. The molecule has 2 heteroatoms. The predicted molar refractivity (Wildman–Crippen MR) is 67.1 cm³/mol. The number of methoxy groups -OCH3 is 1. The molecule has 1 unspecified atom stereocenters. The molecule has 90 valence electrons. The Morgan fingerprint density at radius 1 is 1.31 bits per heavy atom. The molecule has 0 amide bonds. The third-order valence-corrected chi connectivity index (χ3v) is 2.95. The third-order valence-electron chi connectivity index (χ3n) is 2.95. The van der Waals surface area contributed by atoms with Crippen LogP contribution >= 0.6 is 0 Å². The maximum absolute atomic E-state index is 9.63. The zero-order chi connectivity index (χ0) is 12.0. The van der Waals surface area contributed by atoms with Gasteiger partial charge in [0, 0.05) is 0 Å². The number of aromatic hydroxyl groups is 1. The average molecular weight is 222 g/mol. The predicted octanol–water partition coefficient (Wildman–Crippen LogP) is 3.77. The molecule has 16 heavy (non-hydrogen) atoms. The van der Waals surface area contributed by atoms with Crippen LogP contribution in [0.25, 0.3) is 0 Å². The molecule has 0 fully saturated rings. The number of rotatable bonds is 6. The number of hydrogen-bond donors (Lipinski definition) is 1. The second kappa shape index (κ2) is 6.41. The molecule has 0 saturated heterocycles. The molecular formula is C14H22O2. The first kappa shape index (κ1) is 12.9. The number of aryl methyl sites for hydroxylation is 1. The zero-order valence-electron chi connectivity index (χ0n) is 10.5. The fourth-order valence-electron chi connectivity index (χ4n) is 1.94. The highest BCUT2D eigenvalue weighted by Gasteiger charge is 2.05. The third kappa shape index (κ3) is 3.76. The molecule has 2 nitrogen and oxygen atoms in total. The fourth-order valence-corrected chi connectivity index (χ4v) is 1.94. The van der Waals surface area contributed by atoms with Crippen LogP contribution in [0.4, 0.5) is 0 Å². The summed E-state index contributed by atoms with van der Waals surface area (Å²) in [7, 11) is 1.57. The lowest BCUT2D eigenvalue weighted by molar-refractivity contribution is 0.373. The van der Waals surface area contributed by atoms with Crippen LogP contribution in [0.1, 0.15) is 38.7 Å². The normalized spacial score (nSPS) is 12.4. The Labute approximate surface area is 98.3 Å². The number of ether oxygens (including phenoxy) is 1. The van der Waals surface area contributed by atoms with Crippen molar-refractivity contribution in [3.05, 3.63) is 23.8 Å². The van der Waals surface area contributed by atoms with Crippen LogP contribution < -0.4 is 4.74 Å². The van der Waals surface area contributed by atoms with Gasteiger partial charge in [0.05, 0.1) is 7.11 Å². The Balaban J connectivity index is 2.51. The summed E-state index contributed by atoms with van der Waals surface area (Å²) in [6.45, 7) is 4.50. The number of phenols is 1. The molecule has 0 spiro atoms. The molecule has 0 saturated carbocycles. The van der Waals surface area contributed by atoms with Crippen LogP contribution in [-0.4, -0.2) is 12.2 Å². The van der Waals surface area contributed by atoms with Crippen molar-refractivity contribution >= 4 is 0 Å². The van der Waals surface area contributed by atoms with Gasteiger partial charge in [-0.3, -0.25) is 0 Å². The van der Waals surface area contributed by atoms with E-state index in [1.54, 1.807) is 13.2 Å². The van der Waals surface area contributed by atoms with Gasteiger partial charge in [0.25, 0.3) is 0 Å². The smallest absolute Gasteiger partial charge is 0.160 e. The van der Waals surface area contributed by atoms with Gasteiger partial charge in [-0.2, -0.15) is 0 Å². The van der Waals surface area contributed by atoms with Gasteiger partial charge < -0.3 is 9.84 Å². The Hall–Kier alpha value is -1.18. The minimum absolute atomic E-state index is 0.239. The van der Waals surface area contributed by atoms with Crippen molar-refractivity contribution in [3.8, 4) is 11.5 Å². The van der Waals surface area contributed by atoms with Gasteiger partial charge in [-0.1, -0.05) is 32.8 Å². The van der Waals surface area contributed by atoms with Gasteiger partial charge in [-0.25, -0.2) is 0 Å². The largest absolute Gasteiger partial charge is 0.504 e. The number of benzene rings is 1. The van der Waals surface area contributed by atoms with Crippen LogP contribution in [0.2, 0.25) is 0 Å². The van der Waals surface area contributed by atoms with E-state index in [4.69, 9.17) is 4.74 Å². The highest BCUT2D eigenvalue weighted by molar-refractivity contribution is 5.41. The maximum Gasteiger partial charge on any atom is 0.160 e. The van der Waals surface area contributed by atoms with E-state index in [-0.39, 0.29) is 5.75 Å². The van der Waals surface area contributed by atoms with E-state index in [2.05, 4.69) is 13.8 Å². The van der Waals surface area contributed by atoms with Crippen molar-refractivity contribution < 1.29 is 9.84 Å². The zero-order valence-corrected chi connectivity index (χ0v) is 10.5. The molecule has 1 atom stereocenters. The highest BCUT2D eigenvalue weighted by Crippen LogP contribution is 2.27. The van der Waals surface area contributed by atoms with E-state index in [1.807, 2.05) is 12.1 Å². The van der Waals surface area contributed by atoms with Crippen molar-refractivity contribution in [2.24, 2.45) is 5.92 Å². The highest BCUT2D eigenvalue weighted by atomic mass is 16.5. The van der Waals surface area contributed by atoms with E-state index in [1.165, 1.54) is 24.8 Å². The molecule has 1 N–H and O–H groups in total. The Morgan fingerprint density at radius 2 is 2.06 bits per heavy atom. The molecule has 1 aromatic carbocycles. The lowest BCUT2D eigenvalue weighted by Crippen LogP contribution is -1.97. The fraction of sp³-hybridized carbons (Fsp3) is 0.571. The minimum atomic E-state index is 0.239. The summed E-state index contributed by atoms with van der Waals surface area (Å²) in [6, 6.07) is 5.66. The quantitative estimate of drug-likeness (QED) is 0.794. The van der Waals surface area contributed by atoms with Crippen molar-refractivity contribution in [3.63, 3.8) is 0 Å². The average Bonchev–Trinajstić information content (AvgIpc) is 2.27. The molecule has 0 heterocycles. The van der Waals surface area contributed by atoms with Crippen LogP contribution in [0.15, 0.2) is 18.2 Å². The molecule has 0 aliphatic heterocycles. The molecule has 0 aliphatic carbocycles.